The van der Waals surface area contributed by atoms with E-state index in [4.69, 9.17) is 21.2 Å². The van der Waals surface area contributed by atoms with Crippen LogP contribution in [0.25, 0.3) is 33.4 Å². The summed E-state index contributed by atoms with van der Waals surface area (Å²) in [6.07, 6.45) is 0. The molecule has 3 aromatic carbocycles. The van der Waals surface area contributed by atoms with Crippen LogP contribution in [0.4, 0.5) is 0 Å². The number of fused-ring (bicyclic) bond motifs is 1. The number of para-hydroxylation sites is 1. The summed E-state index contributed by atoms with van der Waals surface area (Å²) in [6, 6.07) is 18.2. The van der Waals surface area contributed by atoms with E-state index in [-0.39, 0.29) is 10.3 Å². The summed E-state index contributed by atoms with van der Waals surface area (Å²) < 4.78 is 29.2. The molecule has 0 atom stereocenters. The van der Waals surface area contributed by atoms with Crippen LogP contribution in [0, 0.1) is 6.92 Å². The van der Waals surface area contributed by atoms with Gasteiger partial charge in [0.25, 0.3) is 0 Å². The first-order chi connectivity index (χ1) is 13.8. The summed E-state index contributed by atoms with van der Waals surface area (Å²) in [4.78, 5) is 13.3. The summed E-state index contributed by atoms with van der Waals surface area (Å²) in [5.41, 5.74) is 2.56. The first kappa shape index (κ1) is 19.4. The number of aryl methyl sites for hydroxylation is 1. The van der Waals surface area contributed by atoms with E-state index in [2.05, 4.69) is 0 Å². The normalized spacial score (nSPS) is 11.7. The molecule has 0 aliphatic heterocycles. The molecule has 0 bridgehead atoms. The Hall–Kier alpha value is -2.93. The second-order valence-electron chi connectivity index (χ2n) is 6.68. The van der Waals surface area contributed by atoms with Gasteiger partial charge in [-0.3, -0.25) is 4.79 Å². The molecule has 4 rings (SSSR count). The van der Waals surface area contributed by atoms with Crippen molar-refractivity contribution in [3.63, 3.8) is 0 Å². The quantitative estimate of drug-likeness (QED) is 0.513. The minimum Gasteiger partial charge on any atom is -0.455 e. The number of rotatable bonds is 3. The maximum absolute atomic E-state index is 13.4. The third-order valence-corrected chi connectivity index (χ3v) is 5.88. The molecule has 29 heavy (non-hydrogen) atoms. The molecule has 0 aliphatic carbocycles. The first-order valence-corrected chi connectivity index (χ1v) is 10.6. The largest absolute Gasteiger partial charge is 0.455 e. The summed E-state index contributed by atoms with van der Waals surface area (Å²) >= 11 is 6.46. The Morgan fingerprint density at radius 2 is 1.66 bits per heavy atom. The van der Waals surface area contributed by atoms with E-state index >= 15 is 0 Å². The van der Waals surface area contributed by atoms with Gasteiger partial charge in [-0.25, -0.2) is 13.6 Å². The molecule has 146 valence electrons. The zero-order chi connectivity index (χ0) is 20.8. The van der Waals surface area contributed by atoms with Gasteiger partial charge in [0.15, 0.2) is 0 Å². The van der Waals surface area contributed by atoms with Crippen molar-refractivity contribution in [1.82, 2.24) is 0 Å². The Morgan fingerprint density at radius 1 is 0.966 bits per heavy atom. The third-order valence-electron chi connectivity index (χ3n) is 4.64. The van der Waals surface area contributed by atoms with Crippen molar-refractivity contribution < 1.29 is 12.8 Å². The van der Waals surface area contributed by atoms with Crippen LogP contribution in [0.3, 0.4) is 0 Å². The molecule has 0 saturated carbocycles. The number of sulfonamides is 1. The van der Waals surface area contributed by atoms with Crippen LogP contribution in [0.15, 0.2) is 80.8 Å². The topological polar surface area (TPSA) is 90.4 Å². The second-order valence-corrected chi connectivity index (χ2v) is 8.65. The first-order valence-electron chi connectivity index (χ1n) is 8.71. The molecule has 5 nitrogen and oxygen atoms in total. The fourth-order valence-corrected chi connectivity index (χ4v) is 4.05. The zero-order valence-electron chi connectivity index (χ0n) is 15.3. The SMILES string of the molecule is Cc1ccc(-c2c(-c3ccc(S(N)(=O)=O)cc3)oc3ccccc3c2=O)c(Cl)c1. The van der Waals surface area contributed by atoms with Gasteiger partial charge < -0.3 is 4.42 Å². The summed E-state index contributed by atoms with van der Waals surface area (Å²) in [5.74, 6) is 0.306. The third kappa shape index (κ3) is 3.58. The standard InChI is InChI=1S/C22H16ClNO4S/c1-13-6-11-16(18(23)12-13)20-21(25)17-4-2-3-5-19(17)28-22(20)14-7-9-15(10-8-14)29(24,26)27/h2-12H,1H3,(H2,24,26,27). The van der Waals surface area contributed by atoms with Crippen molar-refractivity contribution in [3.8, 4) is 22.5 Å². The number of halogens is 1. The number of primary sulfonamides is 1. The van der Waals surface area contributed by atoms with Crippen molar-refractivity contribution >= 4 is 32.6 Å². The van der Waals surface area contributed by atoms with Gasteiger partial charge in [-0.05, 0) is 55.0 Å². The van der Waals surface area contributed by atoms with Crippen molar-refractivity contribution in [2.45, 2.75) is 11.8 Å². The van der Waals surface area contributed by atoms with Crippen molar-refractivity contribution in [3.05, 3.63) is 87.5 Å². The van der Waals surface area contributed by atoms with E-state index in [9.17, 15) is 13.2 Å². The lowest BCUT2D eigenvalue weighted by Gasteiger charge is -2.12. The lowest BCUT2D eigenvalue weighted by atomic mass is 9.97. The molecule has 0 spiro atoms. The second kappa shape index (κ2) is 7.15. The number of hydrogen-bond donors (Lipinski definition) is 1. The lowest BCUT2D eigenvalue weighted by Crippen LogP contribution is -2.12. The van der Waals surface area contributed by atoms with Crippen molar-refractivity contribution in [2.75, 3.05) is 0 Å². The van der Waals surface area contributed by atoms with Crippen LogP contribution in [0.1, 0.15) is 5.56 Å². The molecule has 2 N–H and O–H groups in total. The molecule has 1 heterocycles. The molecular formula is C22H16ClNO4S. The zero-order valence-corrected chi connectivity index (χ0v) is 16.9. The van der Waals surface area contributed by atoms with Crippen LogP contribution >= 0.6 is 11.6 Å². The van der Waals surface area contributed by atoms with Gasteiger partial charge in [-0.2, -0.15) is 0 Å². The average Bonchev–Trinajstić information content (AvgIpc) is 2.68. The minimum atomic E-state index is -3.83. The van der Waals surface area contributed by atoms with Gasteiger partial charge in [0.2, 0.25) is 15.5 Å². The summed E-state index contributed by atoms with van der Waals surface area (Å²) in [5, 5.41) is 6.04. The molecule has 0 saturated heterocycles. The van der Waals surface area contributed by atoms with Gasteiger partial charge >= 0.3 is 0 Å². The highest BCUT2D eigenvalue weighted by Gasteiger charge is 2.20. The van der Waals surface area contributed by atoms with Gasteiger partial charge in [0, 0.05) is 16.1 Å². The highest BCUT2D eigenvalue weighted by molar-refractivity contribution is 7.89. The van der Waals surface area contributed by atoms with E-state index in [1.807, 2.05) is 13.0 Å². The highest BCUT2D eigenvalue weighted by Crippen LogP contribution is 2.36. The van der Waals surface area contributed by atoms with Crippen LogP contribution in [-0.4, -0.2) is 8.42 Å². The maximum Gasteiger partial charge on any atom is 0.238 e. The number of benzene rings is 3. The predicted octanol–water partition coefficient (Wildman–Crippen LogP) is 4.74. The Kier molecular flexibility index (Phi) is 4.78. The minimum absolute atomic E-state index is 0.0284. The summed E-state index contributed by atoms with van der Waals surface area (Å²) in [6.45, 7) is 1.91. The number of nitrogens with two attached hydrogens (primary N) is 1. The van der Waals surface area contributed by atoms with Crippen LogP contribution in [0.2, 0.25) is 5.02 Å². The molecule has 7 heteroatoms. The van der Waals surface area contributed by atoms with Gasteiger partial charge in [0.1, 0.15) is 11.3 Å². The van der Waals surface area contributed by atoms with Crippen LogP contribution in [0.5, 0.6) is 0 Å². The molecule has 0 fully saturated rings. The Bertz CT molecular complexity index is 1410. The van der Waals surface area contributed by atoms with Gasteiger partial charge in [-0.1, -0.05) is 35.9 Å². The molecule has 0 amide bonds. The van der Waals surface area contributed by atoms with Crippen LogP contribution in [-0.2, 0) is 10.0 Å². The Balaban J connectivity index is 2.06. The fraction of sp³-hybridized carbons (Fsp3) is 0.0455. The smallest absolute Gasteiger partial charge is 0.238 e. The van der Waals surface area contributed by atoms with E-state index in [1.165, 1.54) is 12.1 Å². The van der Waals surface area contributed by atoms with E-state index in [0.717, 1.165) is 5.56 Å². The fourth-order valence-electron chi connectivity index (χ4n) is 3.21. The highest BCUT2D eigenvalue weighted by atomic mass is 35.5. The van der Waals surface area contributed by atoms with E-state index < -0.39 is 10.0 Å². The van der Waals surface area contributed by atoms with Crippen molar-refractivity contribution in [1.29, 1.82) is 0 Å². The summed E-state index contributed by atoms with van der Waals surface area (Å²) in [7, 11) is -3.83. The molecule has 0 aliphatic rings. The van der Waals surface area contributed by atoms with Gasteiger partial charge in [0.05, 0.1) is 15.8 Å². The lowest BCUT2D eigenvalue weighted by molar-refractivity contribution is 0.597. The predicted molar refractivity (Wildman–Crippen MR) is 114 cm³/mol. The molecule has 0 radical (unpaired) electrons. The molecular weight excluding hydrogens is 410 g/mol. The maximum atomic E-state index is 13.4. The van der Waals surface area contributed by atoms with E-state index in [1.54, 1.807) is 48.5 Å². The van der Waals surface area contributed by atoms with Crippen LogP contribution < -0.4 is 10.6 Å². The van der Waals surface area contributed by atoms with Gasteiger partial charge in [-0.15, -0.1) is 0 Å². The molecule has 1 aromatic heterocycles. The van der Waals surface area contributed by atoms with Crippen molar-refractivity contribution in [2.24, 2.45) is 5.14 Å². The molecule has 4 aromatic rings. The van der Waals surface area contributed by atoms with E-state index in [0.29, 0.717) is 38.4 Å². The number of hydrogen-bond acceptors (Lipinski definition) is 4. The monoisotopic (exact) mass is 425 g/mol. The Labute approximate surface area is 172 Å². The molecule has 0 unspecified atom stereocenters. The average molecular weight is 426 g/mol. The Morgan fingerprint density at radius 3 is 2.31 bits per heavy atom.